The third kappa shape index (κ3) is 2.42. The monoisotopic (exact) mass is 341 g/mol. The highest BCUT2D eigenvalue weighted by molar-refractivity contribution is 5.72. The quantitative estimate of drug-likeness (QED) is 0.423. The van der Waals surface area contributed by atoms with Crippen molar-refractivity contribution in [1.29, 1.82) is 0 Å². The molecule has 0 fully saturated rings. The lowest BCUT2D eigenvalue weighted by molar-refractivity contribution is -0.383. The molecular formula is C16H9F2N5O2. The molecule has 3 aromatic heterocycles. The van der Waals surface area contributed by atoms with E-state index >= 15 is 0 Å². The van der Waals surface area contributed by atoms with Crippen molar-refractivity contribution in [3.8, 4) is 17.1 Å². The van der Waals surface area contributed by atoms with E-state index in [9.17, 15) is 18.9 Å². The standard InChI is InChI=1S/C16H9F2N5O2/c17-10-3-4-12(18)11(9-10)13-5-8-22-15(19-13)14(23(24)25)16(20-22)21-6-1-2-7-21/h1-9H. The summed E-state index contributed by atoms with van der Waals surface area (Å²) >= 11 is 0. The van der Waals surface area contributed by atoms with Gasteiger partial charge in [-0.3, -0.25) is 10.1 Å². The number of hydrogen-bond donors (Lipinski definition) is 0. The van der Waals surface area contributed by atoms with Gasteiger partial charge in [0.25, 0.3) is 0 Å². The summed E-state index contributed by atoms with van der Waals surface area (Å²) < 4.78 is 30.1. The summed E-state index contributed by atoms with van der Waals surface area (Å²) in [6, 6.07) is 7.78. The van der Waals surface area contributed by atoms with Crippen molar-refractivity contribution >= 4 is 11.3 Å². The van der Waals surface area contributed by atoms with E-state index < -0.39 is 16.6 Å². The molecule has 0 radical (unpaired) electrons. The van der Waals surface area contributed by atoms with E-state index in [0.717, 1.165) is 18.2 Å². The molecule has 25 heavy (non-hydrogen) atoms. The first-order valence-corrected chi connectivity index (χ1v) is 7.17. The average molecular weight is 341 g/mol. The van der Waals surface area contributed by atoms with Gasteiger partial charge < -0.3 is 4.57 Å². The Morgan fingerprint density at radius 1 is 1.08 bits per heavy atom. The summed E-state index contributed by atoms with van der Waals surface area (Å²) in [5.74, 6) is -1.22. The molecule has 0 spiro atoms. The van der Waals surface area contributed by atoms with Crippen molar-refractivity contribution in [2.75, 3.05) is 0 Å². The minimum Gasteiger partial charge on any atom is -0.301 e. The van der Waals surface area contributed by atoms with Gasteiger partial charge >= 0.3 is 5.69 Å². The largest absolute Gasteiger partial charge is 0.358 e. The van der Waals surface area contributed by atoms with Crippen LogP contribution in [0.5, 0.6) is 0 Å². The van der Waals surface area contributed by atoms with Crippen LogP contribution in [0.15, 0.2) is 55.0 Å². The van der Waals surface area contributed by atoms with E-state index in [1.165, 1.54) is 21.3 Å². The Bertz CT molecular complexity index is 1110. The van der Waals surface area contributed by atoms with Crippen molar-refractivity contribution in [2.45, 2.75) is 0 Å². The fourth-order valence-electron chi connectivity index (χ4n) is 2.56. The van der Waals surface area contributed by atoms with Crippen LogP contribution in [0, 0.1) is 21.7 Å². The molecule has 3 heterocycles. The summed E-state index contributed by atoms with van der Waals surface area (Å²) in [6.45, 7) is 0. The highest BCUT2D eigenvalue weighted by Gasteiger charge is 2.26. The molecule has 0 N–H and O–H groups in total. The molecule has 0 amide bonds. The molecule has 0 saturated carbocycles. The van der Waals surface area contributed by atoms with Crippen molar-refractivity contribution < 1.29 is 13.7 Å². The molecule has 0 bridgehead atoms. The van der Waals surface area contributed by atoms with E-state index in [-0.39, 0.29) is 28.4 Å². The molecule has 4 rings (SSSR count). The molecule has 7 nitrogen and oxygen atoms in total. The maximum atomic E-state index is 14.0. The normalized spacial score (nSPS) is 11.1. The zero-order valence-corrected chi connectivity index (χ0v) is 12.5. The summed E-state index contributed by atoms with van der Waals surface area (Å²) in [5, 5.41) is 15.7. The summed E-state index contributed by atoms with van der Waals surface area (Å²) in [4.78, 5) is 15.1. The minimum absolute atomic E-state index is 0.0603. The van der Waals surface area contributed by atoms with Gasteiger partial charge in [0.05, 0.1) is 10.6 Å². The highest BCUT2D eigenvalue weighted by Crippen LogP contribution is 2.29. The summed E-state index contributed by atoms with van der Waals surface area (Å²) in [6.07, 6.45) is 4.64. The number of nitrogens with zero attached hydrogens (tertiary/aromatic N) is 5. The van der Waals surface area contributed by atoms with Crippen molar-refractivity contribution in [2.24, 2.45) is 0 Å². The number of rotatable bonds is 3. The Morgan fingerprint density at radius 3 is 2.56 bits per heavy atom. The van der Waals surface area contributed by atoms with Gasteiger partial charge in [0, 0.05) is 24.2 Å². The Hall–Kier alpha value is -3.62. The third-order valence-electron chi connectivity index (χ3n) is 3.68. The zero-order chi connectivity index (χ0) is 17.6. The van der Waals surface area contributed by atoms with Gasteiger partial charge in [-0.1, -0.05) is 0 Å². The first-order valence-electron chi connectivity index (χ1n) is 7.17. The van der Waals surface area contributed by atoms with Gasteiger partial charge in [-0.15, -0.1) is 5.10 Å². The van der Waals surface area contributed by atoms with Crippen LogP contribution in [0.2, 0.25) is 0 Å². The molecule has 0 unspecified atom stereocenters. The molecule has 0 saturated heterocycles. The molecular weight excluding hydrogens is 332 g/mol. The maximum Gasteiger partial charge on any atom is 0.358 e. The molecule has 1 aromatic carbocycles. The Morgan fingerprint density at radius 2 is 1.84 bits per heavy atom. The Balaban J connectivity index is 1.98. The Labute approximate surface area is 138 Å². The molecule has 0 atom stereocenters. The second kappa shape index (κ2) is 5.48. The van der Waals surface area contributed by atoms with Crippen LogP contribution >= 0.6 is 0 Å². The van der Waals surface area contributed by atoms with Gasteiger partial charge in [-0.2, -0.15) is 0 Å². The smallest absolute Gasteiger partial charge is 0.301 e. The predicted octanol–water partition coefficient (Wildman–Crippen LogP) is 3.37. The van der Waals surface area contributed by atoms with Crippen LogP contribution < -0.4 is 0 Å². The van der Waals surface area contributed by atoms with E-state index in [1.54, 1.807) is 24.5 Å². The lowest BCUT2D eigenvalue weighted by atomic mass is 10.1. The van der Waals surface area contributed by atoms with Crippen molar-refractivity contribution in [1.82, 2.24) is 19.2 Å². The van der Waals surface area contributed by atoms with Crippen LogP contribution in [0.3, 0.4) is 0 Å². The molecule has 0 aliphatic rings. The van der Waals surface area contributed by atoms with Crippen LogP contribution in [0.4, 0.5) is 14.5 Å². The lowest BCUT2D eigenvalue weighted by Gasteiger charge is -2.03. The fraction of sp³-hybridized carbons (Fsp3) is 0. The zero-order valence-electron chi connectivity index (χ0n) is 12.5. The van der Waals surface area contributed by atoms with Gasteiger partial charge in [-0.05, 0) is 36.4 Å². The molecule has 0 aliphatic heterocycles. The van der Waals surface area contributed by atoms with E-state index in [4.69, 9.17) is 0 Å². The van der Waals surface area contributed by atoms with Crippen LogP contribution in [0.1, 0.15) is 0 Å². The van der Waals surface area contributed by atoms with E-state index in [1.807, 2.05) is 0 Å². The molecule has 0 aliphatic carbocycles. The number of fused-ring (bicyclic) bond motifs is 1. The lowest BCUT2D eigenvalue weighted by Crippen LogP contribution is -1.97. The maximum absolute atomic E-state index is 14.0. The van der Waals surface area contributed by atoms with Crippen LogP contribution in [-0.4, -0.2) is 24.1 Å². The number of aromatic nitrogens is 4. The summed E-state index contributed by atoms with van der Waals surface area (Å²) in [7, 11) is 0. The van der Waals surface area contributed by atoms with Gasteiger partial charge in [0.1, 0.15) is 11.6 Å². The van der Waals surface area contributed by atoms with Gasteiger partial charge in [-0.25, -0.2) is 18.3 Å². The van der Waals surface area contributed by atoms with E-state index in [2.05, 4.69) is 10.1 Å². The van der Waals surface area contributed by atoms with Crippen molar-refractivity contribution in [3.05, 3.63) is 76.7 Å². The highest BCUT2D eigenvalue weighted by atomic mass is 19.1. The molecule has 124 valence electrons. The molecule has 4 aromatic rings. The van der Waals surface area contributed by atoms with E-state index in [0.29, 0.717) is 0 Å². The first kappa shape index (κ1) is 14.9. The van der Waals surface area contributed by atoms with Crippen molar-refractivity contribution in [3.63, 3.8) is 0 Å². The topological polar surface area (TPSA) is 78.3 Å². The third-order valence-corrected chi connectivity index (χ3v) is 3.68. The van der Waals surface area contributed by atoms with Gasteiger partial charge in [0.15, 0.2) is 0 Å². The number of halogens is 2. The second-order valence-corrected chi connectivity index (χ2v) is 5.22. The fourth-order valence-corrected chi connectivity index (χ4v) is 2.56. The predicted molar refractivity (Wildman–Crippen MR) is 84.3 cm³/mol. The van der Waals surface area contributed by atoms with Crippen LogP contribution in [-0.2, 0) is 0 Å². The average Bonchev–Trinajstić information content (AvgIpc) is 3.23. The minimum atomic E-state index is -0.675. The first-order chi connectivity index (χ1) is 12.0. The SMILES string of the molecule is O=[N+]([O-])c1c(-n2cccc2)nn2ccc(-c3cc(F)ccc3F)nc12. The number of hydrogen-bond acceptors (Lipinski definition) is 4. The molecule has 9 heteroatoms. The number of benzene rings is 1. The summed E-state index contributed by atoms with van der Waals surface area (Å²) in [5.41, 5.74) is -0.392. The van der Waals surface area contributed by atoms with Gasteiger partial charge in [0.2, 0.25) is 11.5 Å². The Kier molecular flexibility index (Phi) is 3.27. The second-order valence-electron chi connectivity index (χ2n) is 5.22. The number of nitro groups is 1. The van der Waals surface area contributed by atoms with Crippen LogP contribution in [0.25, 0.3) is 22.7 Å².